The minimum absolute atomic E-state index is 0. The van der Waals surface area contributed by atoms with Gasteiger partial charge in [0.15, 0.2) is 5.69 Å². The monoisotopic (exact) mass is 789 g/mol. The highest BCUT2D eigenvalue weighted by Gasteiger charge is 2.34. The summed E-state index contributed by atoms with van der Waals surface area (Å²) in [5.41, 5.74) is 8.97. The molecule has 0 aliphatic heterocycles. The van der Waals surface area contributed by atoms with Crippen LogP contribution < -0.4 is 4.74 Å². The molecule has 1 atom stereocenters. The lowest BCUT2D eigenvalue weighted by atomic mass is 9.90. The van der Waals surface area contributed by atoms with Gasteiger partial charge in [0.1, 0.15) is 48.1 Å². The van der Waals surface area contributed by atoms with Gasteiger partial charge in [0.05, 0.1) is 11.4 Å². The molecular formula is C41H69FN8O6. The Balaban J connectivity index is 0.000000352. The van der Waals surface area contributed by atoms with Gasteiger partial charge in [0.25, 0.3) is 5.88 Å². The maximum Gasteiger partial charge on any atom is 0.279 e. The van der Waals surface area contributed by atoms with Crippen LogP contribution >= 0.6 is 0 Å². The number of nitrogens with zero attached hydrogens (tertiary/aromatic N) is 8. The van der Waals surface area contributed by atoms with Crippen molar-refractivity contribution in [1.82, 2.24) is 41.3 Å². The highest BCUT2D eigenvalue weighted by atomic mass is 19.1. The number of hydrogen-bond donors (Lipinski definition) is 0. The SMILES string of the molecule is C.CC(C)(C)c1nonc1C1CC1.CC(C)c1conc1C(C)C.CC(F)COc1nonc1C(C)(C)C.Cc1nocc1C(C)C.Cc1nonc1C(C)C. The zero-order chi connectivity index (χ0) is 41.7. The second-order valence-corrected chi connectivity index (χ2v) is 17.1. The standard InChI is InChI=1S/C9H15FN2O2.C9H14N2O.C9H15NO.C7H11NO.C6H10N2O.CH4/c1-6(10)5-13-8-7(9(2,3)4)11-14-12-8;1-9(2,3)8-7(6-4-5-6)10-12-11-8;1-6(2)8-5-11-10-9(8)7(3)4;1-5(2)7-4-9-8-6(7)3;1-4(2)6-5(3)7-9-8-6;/h6H,5H2,1-4H3;6H,4-5H2,1-3H3;5-7H,1-4H3;4-5H,1-3H3;4H,1-3H3;1H4. The first-order valence-electron chi connectivity index (χ1n) is 19.1. The van der Waals surface area contributed by atoms with E-state index in [1.54, 1.807) is 12.5 Å². The molecule has 0 amide bonds. The van der Waals surface area contributed by atoms with Gasteiger partial charge in [0, 0.05) is 33.8 Å². The van der Waals surface area contributed by atoms with Gasteiger partial charge in [-0.25, -0.2) is 18.3 Å². The highest BCUT2D eigenvalue weighted by molar-refractivity contribution is 5.24. The molecule has 1 aliphatic carbocycles. The zero-order valence-electron chi connectivity index (χ0n) is 36.1. The zero-order valence-corrected chi connectivity index (χ0v) is 36.1. The van der Waals surface area contributed by atoms with Gasteiger partial charge in [-0.3, -0.25) is 0 Å². The summed E-state index contributed by atoms with van der Waals surface area (Å²) in [7, 11) is 0. The van der Waals surface area contributed by atoms with Crippen LogP contribution in [0.15, 0.2) is 35.5 Å². The van der Waals surface area contributed by atoms with E-state index in [-0.39, 0.29) is 30.7 Å². The van der Waals surface area contributed by atoms with Crippen molar-refractivity contribution < 1.29 is 32.1 Å². The van der Waals surface area contributed by atoms with Crippen LogP contribution in [0.1, 0.15) is 205 Å². The third-order valence-corrected chi connectivity index (χ3v) is 8.25. The van der Waals surface area contributed by atoms with Gasteiger partial charge in [-0.15, -0.1) is 0 Å². The van der Waals surface area contributed by atoms with Crippen LogP contribution in [0.25, 0.3) is 0 Å². The highest BCUT2D eigenvalue weighted by Crippen LogP contribution is 2.42. The van der Waals surface area contributed by atoms with Crippen LogP contribution in [0.5, 0.6) is 5.88 Å². The Morgan fingerprint density at radius 2 is 1.11 bits per heavy atom. The largest absolute Gasteiger partial charge is 0.471 e. The Hall–Kier alpha value is -4.43. The average molecular weight is 789 g/mol. The van der Waals surface area contributed by atoms with Crippen molar-refractivity contribution >= 4 is 0 Å². The van der Waals surface area contributed by atoms with Gasteiger partial charge in [-0.1, -0.05) is 140 Å². The molecule has 5 heterocycles. The van der Waals surface area contributed by atoms with Crippen molar-refractivity contribution in [3.05, 3.63) is 63.5 Å². The fourth-order valence-electron chi connectivity index (χ4n) is 5.01. The Kier molecular flexibility index (Phi) is 19.8. The summed E-state index contributed by atoms with van der Waals surface area (Å²) in [4.78, 5) is 0. The molecule has 1 saturated carbocycles. The Labute approximate surface area is 333 Å². The third kappa shape index (κ3) is 16.0. The average Bonchev–Trinajstić information content (AvgIpc) is 3.68. The Morgan fingerprint density at radius 1 is 0.607 bits per heavy atom. The van der Waals surface area contributed by atoms with E-state index in [2.05, 4.69) is 127 Å². The Morgan fingerprint density at radius 3 is 1.48 bits per heavy atom. The summed E-state index contributed by atoms with van der Waals surface area (Å²) in [6.07, 6.45) is 4.92. The molecule has 0 saturated heterocycles. The molecule has 56 heavy (non-hydrogen) atoms. The van der Waals surface area contributed by atoms with E-state index >= 15 is 0 Å². The van der Waals surface area contributed by atoms with E-state index < -0.39 is 6.17 Å². The first kappa shape index (κ1) is 49.6. The van der Waals surface area contributed by atoms with Crippen molar-refractivity contribution in [1.29, 1.82) is 0 Å². The normalized spacial score (nSPS) is 13.1. The summed E-state index contributed by atoms with van der Waals surface area (Å²) < 4.78 is 41.2. The molecule has 1 unspecified atom stereocenters. The van der Waals surface area contributed by atoms with Crippen LogP contribution in [0, 0.1) is 13.8 Å². The molecule has 0 radical (unpaired) electrons. The molecule has 1 fully saturated rings. The molecule has 0 aromatic carbocycles. The van der Waals surface area contributed by atoms with Crippen LogP contribution in [0.2, 0.25) is 0 Å². The maximum atomic E-state index is 12.5. The molecule has 6 rings (SSSR count). The molecule has 5 aromatic rings. The number of alkyl halides is 1. The van der Waals surface area contributed by atoms with E-state index in [1.807, 2.05) is 34.6 Å². The van der Waals surface area contributed by atoms with Gasteiger partial charge < -0.3 is 13.8 Å². The second kappa shape index (κ2) is 22.3. The molecule has 0 bridgehead atoms. The topological polar surface area (TPSA) is 178 Å². The fourth-order valence-corrected chi connectivity index (χ4v) is 5.01. The second-order valence-electron chi connectivity index (χ2n) is 17.1. The van der Waals surface area contributed by atoms with E-state index in [4.69, 9.17) is 18.4 Å². The third-order valence-electron chi connectivity index (χ3n) is 8.25. The fraction of sp³-hybridized carbons (Fsp3) is 0.707. The van der Waals surface area contributed by atoms with Gasteiger partial charge >= 0.3 is 0 Å². The minimum atomic E-state index is -1.03. The van der Waals surface area contributed by atoms with Crippen LogP contribution in [-0.4, -0.2) is 54.0 Å². The summed E-state index contributed by atoms with van der Waals surface area (Å²) in [5.74, 6) is 2.82. The van der Waals surface area contributed by atoms with Crippen LogP contribution in [0.3, 0.4) is 0 Å². The van der Waals surface area contributed by atoms with Crippen LogP contribution in [-0.2, 0) is 10.8 Å². The predicted molar refractivity (Wildman–Crippen MR) is 214 cm³/mol. The lowest BCUT2D eigenvalue weighted by molar-refractivity contribution is 0.191. The predicted octanol–water partition coefficient (Wildman–Crippen LogP) is 11.5. The smallest absolute Gasteiger partial charge is 0.279 e. The molecule has 15 heteroatoms. The first-order valence-corrected chi connectivity index (χ1v) is 19.1. The maximum absolute atomic E-state index is 12.5. The number of aromatic nitrogens is 8. The summed E-state index contributed by atoms with van der Waals surface area (Å²) in [6.45, 7) is 34.5. The quantitative estimate of drug-likeness (QED) is 0.145. The van der Waals surface area contributed by atoms with Crippen molar-refractivity contribution in [2.45, 2.75) is 185 Å². The number of aryl methyl sites for hydroxylation is 2. The van der Waals surface area contributed by atoms with Gasteiger partial charge in [-0.2, -0.15) is 0 Å². The Bertz CT molecular complexity index is 1720. The summed E-state index contributed by atoms with van der Waals surface area (Å²) >= 11 is 0. The lowest BCUT2D eigenvalue weighted by Crippen LogP contribution is -2.16. The van der Waals surface area contributed by atoms with E-state index in [0.29, 0.717) is 35.3 Å². The summed E-state index contributed by atoms with van der Waals surface area (Å²) in [5, 5.41) is 30.3. The van der Waals surface area contributed by atoms with Crippen molar-refractivity contribution in [3.63, 3.8) is 0 Å². The molecule has 316 valence electrons. The number of hydrogen-bond acceptors (Lipinski definition) is 14. The molecule has 0 N–H and O–H groups in total. The lowest BCUT2D eigenvalue weighted by Gasteiger charge is -2.15. The first-order chi connectivity index (χ1) is 25.6. The van der Waals surface area contributed by atoms with E-state index in [1.165, 1.54) is 30.9 Å². The minimum Gasteiger partial charge on any atom is -0.471 e. The number of ether oxygens (including phenoxy) is 1. The van der Waals surface area contributed by atoms with Gasteiger partial charge in [0.2, 0.25) is 0 Å². The van der Waals surface area contributed by atoms with Gasteiger partial charge in [-0.05, 0) is 56.5 Å². The van der Waals surface area contributed by atoms with Crippen LogP contribution in [0.4, 0.5) is 4.39 Å². The molecule has 5 aromatic heterocycles. The van der Waals surface area contributed by atoms with Crippen molar-refractivity contribution in [3.8, 4) is 5.88 Å². The number of halogens is 1. The van der Waals surface area contributed by atoms with Crippen molar-refractivity contribution in [2.24, 2.45) is 0 Å². The van der Waals surface area contributed by atoms with E-state index in [0.717, 1.165) is 34.2 Å². The molecule has 14 nitrogen and oxygen atoms in total. The molecule has 1 aliphatic rings. The number of rotatable bonds is 8. The molecule has 0 spiro atoms. The molecular weight excluding hydrogens is 719 g/mol. The van der Waals surface area contributed by atoms with Crippen molar-refractivity contribution in [2.75, 3.05) is 6.61 Å². The van der Waals surface area contributed by atoms with E-state index in [9.17, 15) is 4.39 Å². The summed E-state index contributed by atoms with van der Waals surface area (Å²) in [6, 6.07) is 0.